The molecule has 1 heterocycles. The molecule has 0 spiro atoms. The van der Waals surface area contributed by atoms with Crippen molar-refractivity contribution in [2.24, 2.45) is 10.5 Å². The SMILES string of the molecule is CC(C)(C)OC(=O)C(=O)N1N=C(C(F)(F)F)CC1(O)C(C)(C)C. The molecule has 9 heteroatoms. The van der Waals surface area contributed by atoms with Crippen molar-refractivity contribution in [3.8, 4) is 0 Å². The van der Waals surface area contributed by atoms with Crippen LogP contribution in [0.3, 0.4) is 0 Å². The van der Waals surface area contributed by atoms with Gasteiger partial charge in [0.05, 0.1) is 0 Å². The first kappa shape index (κ1) is 19.4. The summed E-state index contributed by atoms with van der Waals surface area (Å²) in [6.07, 6.45) is -5.74. The Kier molecular flexibility index (Phi) is 4.61. The summed E-state index contributed by atoms with van der Waals surface area (Å²) in [6, 6.07) is 0. The number of nitrogens with zero attached hydrogens (tertiary/aromatic N) is 2. The Hall–Kier alpha value is -1.64. The molecular formula is C14H21F3N2O4. The number of carbonyl (C=O) groups is 2. The molecule has 132 valence electrons. The third kappa shape index (κ3) is 4.01. The highest BCUT2D eigenvalue weighted by Crippen LogP contribution is 2.43. The number of aliphatic hydroxyl groups is 1. The Morgan fingerprint density at radius 1 is 1.17 bits per heavy atom. The van der Waals surface area contributed by atoms with Crippen molar-refractivity contribution in [3.63, 3.8) is 0 Å². The van der Waals surface area contributed by atoms with E-state index in [0.717, 1.165) is 0 Å². The van der Waals surface area contributed by atoms with Gasteiger partial charge in [0.15, 0.2) is 5.72 Å². The van der Waals surface area contributed by atoms with Gasteiger partial charge in [-0.2, -0.15) is 23.3 Å². The Labute approximate surface area is 132 Å². The summed E-state index contributed by atoms with van der Waals surface area (Å²) < 4.78 is 43.6. The van der Waals surface area contributed by atoms with E-state index in [4.69, 9.17) is 4.74 Å². The second kappa shape index (κ2) is 5.47. The minimum absolute atomic E-state index is 0.184. The molecule has 1 atom stereocenters. The fourth-order valence-corrected chi connectivity index (χ4v) is 1.91. The molecule has 0 fully saturated rings. The molecule has 6 nitrogen and oxygen atoms in total. The molecular weight excluding hydrogens is 317 g/mol. The minimum Gasteiger partial charge on any atom is -0.453 e. The van der Waals surface area contributed by atoms with Crippen molar-refractivity contribution in [2.45, 2.75) is 65.5 Å². The highest BCUT2D eigenvalue weighted by Gasteiger charge is 2.58. The number of alkyl halides is 3. The molecule has 1 rings (SSSR count). The number of halogens is 3. The maximum atomic E-state index is 12.9. The van der Waals surface area contributed by atoms with Gasteiger partial charge in [0.2, 0.25) is 0 Å². The molecule has 1 N–H and O–H groups in total. The molecule has 0 radical (unpaired) electrons. The van der Waals surface area contributed by atoms with Gasteiger partial charge in [0.1, 0.15) is 11.3 Å². The van der Waals surface area contributed by atoms with Gasteiger partial charge in [-0.15, -0.1) is 0 Å². The third-order valence-electron chi connectivity index (χ3n) is 3.28. The lowest BCUT2D eigenvalue weighted by Crippen LogP contribution is -2.57. The third-order valence-corrected chi connectivity index (χ3v) is 3.28. The Morgan fingerprint density at radius 2 is 1.65 bits per heavy atom. The zero-order valence-electron chi connectivity index (χ0n) is 13.9. The maximum Gasteiger partial charge on any atom is 0.431 e. The van der Waals surface area contributed by atoms with Crippen LogP contribution in [0.4, 0.5) is 13.2 Å². The number of hydrazone groups is 1. The fourth-order valence-electron chi connectivity index (χ4n) is 1.91. The van der Waals surface area contributed by atoms with Gasteiger partial charge in [-0.1, -0.05) is 20.8 Å². The summed E-state index contributed by atoms with van der Waals surface area (Å²) in [4.78, 5) is 24.0. The van der Waals surface area contributed by atoms with Crippen LogP contribution in [-0.2, 0) is 14.3 Å². The number of ether oxygens (including phenoxy) is 1. The molecule has 0 aromatic rings. The quantitative estimate of drug-likeness (QED) is 0.542. The van der Waals surface area contributed by atoms with Crippen molar-refractivity contribution in [1.29, 1.82) is 0 Å². The first-order valence-electron chi connectivity index (χ1n) is 6.93. The molecule has 1 unspecified atom stereocenters. The highest BCUT2D eigenvalue weighted by atomic mass is 19.4. The molecule has 0 bridgehead atoms. The molecule has 0 saturated carbocycles. The van der Waals surface area contributed by atoms with E-state index in [0.29, 0.717) is 0 Å². The average molecular weight is 338 g/mol. The van der Waals surface area contributed by atoms with Crippen LogP contribution in [0, 0.1) is 5.41 Å². The number of rotatable bonds is 0. The largest absolute Gasteiger partial charge is 0.453 e. The Morgan fingerprint density at radius 3 is 2.00 bits per heavy atom. The van der Waals surface area contributed by atoms with Crippen LogP contribution in [0.15, 0.2) is 5.10 Å². The van der Waals surface area contributed by atoms with Gasteiger partial charge >= 0.3 is 18.1 Å². The predicted molar refractivity (Wildman–Crippen MR) is 75.2 cm³/mol. The predicted octanol–water partition coefficient (Wildman–Crippen LogP) is 2.21. The van der Waals surface area contributed by atoms with E-state index in [1.165, 1.54) is 41.5 Å². The number of amides is 1. The van der Waals surface area contributed by atoms with Crippen LogP contribution in [0.5, 0.6) is 0 Å². The number of carbonyl (C=O) groups excluding carboxylic acids is 2. The van der Waals surface area contributed by atoms with Crippen molar-refractivity contribution >= 4 is 17.6 Å². The van der Waals surface area contributed by atoms with Crippen LogP contribution < -0.4 is 0 Å². The van der Waals surface area contributed by atoms with Crippen LogP contribution in [-0.4, -0.2) is 45.2 Å². The first-order valence-corrected chi connectivity index (χ1v) is 6.93. The second-order valence-corrected chi connectivity index (χ2v) is 7.41. The zero-order chi connectivity index (χ0) is 18.4. The zero-order valence-corrected chi connectivity index (χ0v) is 13.9. The van der Waals surface area contributed by atoms with Crippen molar-refractivity contribution < 1.29 is 32.6 Å². The molecule has 0 aliphatic carbocycles. The lowest BCUT2D eigenvalue weighted by atomic mass is 9.80. The van der Waals surface area contributed by atoms with Gasteiger partial charge in [0.25, 0.3) is 0 Å². The van der Waals surface area contributed by atoms with E-state index >= 15 is 0 Å². The first-order chi connectivity index (χ1) is 9.99. The number of esters is 1. The van der Waals surface area contributed by atoms with E-state index in [2.05, 4.69) is 5.10 Å². The number of hydrogen-bond donors (Lipinski definition) is 1. The van der Waals surface area contributed by atoms with E-state index < -0.39 is 46.9 Å². The van der Waals surface area contributed by atoms with E-state index in [9.17, 15) is 27.9 Å². The molecule has 0 saturated heterocycles. The number of hydrogen-bond acceptors (Lipinski definition) is 5. The normalized spacial score (nSPS) is 22.9. The minimum atomic E-state index is -4.82. The standard InChI is InChI=1S/C14H21F3N2O4/c1-11(2,3)13(22)7-8(14(15,16)17)18-19(13)9(20)10(21)23-12(4,5)6/h22H,7H2,1-6H3. The van der Waals surface area contributed by atoms with E-state index in [-0.39, 0.29) is 5.01 Å². The van der Waals surface area contributed by atoms with Crippen molar-refractivity contribution in [2.75, 3.05) is 0 Å². The molecule has 23 heavy (non-hydrogen) atoms. The van der Waals surface area contributed by atoms with Gasteiger partial charge < -0.3 is 9.84 Å². The maximum absolute atomic E-state index is 12.9. The monoisotopic (exact) mass is 338 g/mol. The van der Waals surface area contributed by atoms with Crippen LogP contribution >= 0.6 is 0 Å². The lowest BCUT2D eigenvalue weighted by Gasteiger charge is -2.41. The summed E-state index contributed by atoms with van der Waals surface area (Å²) in [5.74, 6) is -2.83. The topological polar surface area (TPSA) is 79.2 Å². The smallest absolute Gasteiger partial charge is 0.431 e. The summed E-state index contributed by atoms with van der Waals surface area (Å²) in [6.45, 7) is 8.83. The Bertz CT molecular complexity index is 544. The van der Waals surface area contributed by atoms with Gasteiger partial charge in [-0.05, 0) is 20.8 Å². The summed E-state index contributed by atoms with van der Waals surface area (Å²) in [7, 11) is 0. The van der Waals surface area contributed by atoms with Gasteiger partial charge in [0, 0.05) is 11.8 Å². The van der Waals surface area contributed by atoms with E-state index in [1.807, 2.05) is 0 Å². The molecule has 1 aliphatic rings. The summed E-state index contributed by atoms with van der Waals surface area (Å²) >= 11 is 0. The van der Waals surface area contributed by atoms with Crippen LogP contribution in [0.1, 0.15) is 48.0 Å². The van der Waals surface area contributed by atoms with E-state index in [1.54, 1.807) is 0 Å². The lowest BCUT2D eigenvalue weighted by molar-refractivity contribution is -0.194. The second-order valence-electron chi connectivity index (χ2n) is 7.41. The fraction of sp³-hybridized carbons (Fsp3) is 0.786. The van der Waals surface area contributed by atoms with Crippen molar-refractivity contribution in [3.05, 3.63) is 0 Å². The average Bonchev–Trinajstić information content (AvgIpc) is 2.64. The van der Waals surface area contributed by atoms with Crippen LogP contribution in [0.25, 0.3) is 0 Å². The summed E-state index contributed by atoms with van der Waals surface area (Å²) in [5.41, 5.74) is -5.80. The molecule has 1 aliphatic heterocycles. The van der Waals surface area contributed by atoms with Crippen LogP contribution in [0.2, 0.25) is 0 Å². The van der Waals surface area contributed by atoms with Crippen molar-refractivity contribution in [1.82, 2.24) is 5.01 Å². The van der Waals surface area contributed by atoms with Gasteiger partial charge in [-0.3, -0.25) is 4.79 Å². The Balaban J connectivity index is 3.24. The highest BCUT2D eigenvalue weighted by molar-refractivity contribution is 6.33. The molecule has 0 aromatic heterocycles. The van der Waals surface area contributed by atoms with Gasteiger partial charge in [-0.25, -0.2) is 4.79 Å². The molecule has 1 amide bonds. The summed E-state index contributed by atoms with van der Waals surface area (Å²) in [5, 5.41) is 14.0. The molecule has 0 aromatic carbocycles.